The average Bonchev–Trinajstić information content (AvgIpc) is 2.95. The number of aryl methyl sites for hydroxylation is 2. The predicted octanol–water partition coefficient (Wildman–Crippen LogP) is 2.51. The van der Waals surface area contributed by atoms with Gasteiger partial charge in [-0.3, -0.25) is 9.59 Å². The Labute approximate surface area is 147 Å². The van der Waals surface area contributed by atoms with Crippen molar-refractivity contribution in [3.8, 4) is 0 Å². The van der Waals surface area contributed by atoms with Gasteiger partial charge < -0.3 is 15.0 Å². The second-order valence-corrected chi connectivity index (χ2v) is 6.86. The first-order valence-corrected chi connectivity index (χ1v) is 8.97. The lowest BCUT2D eigenvalue weighted by molar-refractivity contribution is -0.144. The normalized spacial score (nSPS) is 20.5. The summed E-state index contributed by atoms with van der Waals surface area (Å²) in [5, 5.41) is 12.0. The van der Waals surface area contributed by atoms with Crippen LogP contribution in [0.4, 0.5) is 0 Å². The molecule has 0 radical (unpaired) electrons. The molecule has 1 aromatic heterocycles. The summed E-state index contributed by atoms with van der Waals surface area (Å²) >= 11 is 0. The molecule has 2 N–H and O–H groups in total. The van der Waals surface area contributed by atoms with Gasteiger partial charge in [0.25, 0.3) is 0 Å². The van der Waals surface area contributed by atoms with Crippen LogP contribution in [0.3, 0.4) is 0 Å². The van der Waals surface area contributed by atoms with Crippen molar-refractivity contribution in [1.29, 1.82) is 0 Å². The van der Waals surface area contributed by atoms with E-state index < -0.39 is 5.97 Å². The van der Waals surface area contributed by atoms with E-state index in [2.05, 4.69) is 20.9 Å². The van der Waals surface area contributed by atoms with Gasteiger partial charge in [-0.15, -0.1) is 0 Å². The minimum Gasteiger partial charge on any atom is -0.481 e. The number of hydrogen-bond acceptors (Lipinski definition) is 3. The van der Waals surface area contributed by atoms with E-state index in [1.54, 1.807) is 0 Å². The zero-order valence-electron chi connectivity index (χ0n) is 14.6. The first kappa shape index (κ1) is 17.5. The number of fused-ring (bicyclic) bond motifs is 1. The number of nitrogens with zero attached hydrogens (tertiary/aromatic N) is 2. The SMILES string of the molecule is Cn1c(CCCNC(=O)C2CCC(C(=O)O)CC2)nc2ccccc21. The number of imidazole rings is 1. The molecule has 1 fully saturated rings. The van der Waals surface area contributed by atoms with E-state index in [0.717, 1.165) is 29.7 Å². The van der Waals surface area contributed by atoms with E-state index in [1.807, 2.05) is 25.2 Å². The van der Waals surface area contributed by atoms with Gasteiger partial charge in [-0.1, -0.05) is 12.1 Å². The van der Waals surface area contributed by atoms with Crippen molar-refractivity contribution in [2.75, 3.05) is 6.54 Å². The molecule has 0 saturated heterocycles. The molecule has 0 spiro atoms. The van der Waals surface area contributed by atoms with Gasteiger partial charge >= 0.3 is 5.97 Å². The molecule has 0 atom stereocenters. The number of carboxylic acid groups (broad SMARTS) is 1. The van der Waals surface area contributed by atoms with E-state index in [1.165, 1.54) is 0 Å². The van der Waals surface area contributed by atoms with E-state index >= 15 is 0 Å². The Morgan fingerprint density at radius 1 is 1.20 bits per heavy atom. The Kier molecular flexibility index (Phi) is 5.36. The average molecular weight is 343 g/mol. The Bertz CT molecular complexity index is 760. The molecule has 3 rings (SSSR count). The van der Waals surface area contributed by atoms with Crippen molar-refractivity contribution < 1.29 is 14.7 Å². The molecule has 1 aromatic carbocycles. The number of benzene rings is 1. The molecule has 2 aromatic rings. The van der Waals surface area contributed by atoms with Crippen LogP contribution in [0.2, 0.25) is 0 Å². The lowest BCUT2D eigenvalue weighted by atomic mass is 9.81. The van der Waals surface area contributed by atoms with Gasteiger partial charge in [-0.25, -0.2) is 4.98 Å². The van der Waals surface area contributed by atoms with Crippen molar-refractivity contribution in [3.05, 3.63) is 30.1 Å². The van der Waals surface area contributed by atoms with Crippen molar-refractivity contribution in [2.45, 2.75) is 38.5 Å². The van der Waals surface area contributed by atoms with Gasteiger partial charge in [-0.05, 0) is 44.2 Å². The maximum absolute atomic E-state index is 12.2. The molecule has 134 valence electrons. The number of para-hydroxylation sites is 2. The van der Waals surface area contributed by atoms with Crippen LogP contribution in [0, 0.1) is 11.8 Å². The molecule has 1 aliphatic carbocycles. The molecule has 0 aliphatic heterocycles. The molecule has 0 bridgehead atoms. The predicted molar refractivity (Wildman–Crippen MR) is 95.1 cm³/mol. The van der Waals surface area contributed by atoms with E-state index in [9.17, 15) is 9.59 Å². The number of rotatable bonds is 6. The van der Waals surface area contributed by atoms with Crippen LogP contribution in [0.5, 0.6) is 0 Å². The Hall–Kier alpha value is -2.37. The minimum absolute atomic E-state index is 0.0358. The monoisotopic (exact) mass is 343 g/mol. The Morgan fingerprint density at radius 3 is 2.56 bits per heavy atom. The van der Waals surface area contributed by atoms with Gasteiger partial charge in [0.15, 0.2) is 0 Å². The van der Waals surface area contributed by atoms with Crippen LogP contribution in [-0.4, -0.2) is 33.1 Å². The molecule has 6 heteroatoms. The molecular weight excluding hydrogens is 318 g/mol. The molecule has 1 saturated carbocycles. The van der Waals surface area contributed by atoms with Crippen molar-refractivity contribution >= 4 is 22.9 Å². The molecule has 1 heterocycles. The highest BCUT2D eigenvalue weighted by Gasteiger charge is 2.29. The third-order valence-corrected chi connectivity index (χ3v) is 5.20. The number of carbonyl (C=O) groups is 2. The summed E-state index contributed by atoms with van der Waals surface area (Å²) in [6.45, 7) is 0.626. The zero-order chi connectivity index (χ0) is 17.8. The molecule has 0 unspecified atom stereocenters. The van der Waals surface area contributed by atoms with Crippen LogP contribution in [0.15, 0.2) is 24.3 Å². The third kappa shape index (κ3) is 4.00. The summed E-state index contributed by atoms with van der Waals surface area (Å²) in [4.78, 5) is 27.8. The topological polar surface area (TPSA) is 84.2 Å². The number of nitrogens with one attached hydrogen (secondary N) is 1. The third-order valence-electron chi connectivity index (χ3n) is 5.20. The van der Waals surface area contributed by atoms with E-state index in [-0.39, 0.29) is 17.7 Å². The van der Waals surface area contributed by atoms with Crippen LogP contribution >= 0.6 is 0 Å². The van der Waals surface area contributed by atoms with Crippen LogP contribution < -0.4 is 5.32 Å². The fraction of sp³-hybridized carbons (Fsp3) is 0.526. The van der Waals surface area contributed by atoms with Crippen molar-refractivity contribution in [1.82, 2.24) is 14.9 Å². The lowest BCUT2D eigenvalue weighted by Gasteiger charge is -2.25. The summed E-state index contributed by atoms with van der Waals surface area (Å²) in [6.07, 6.45) is 4.21. The Balaban J connectivity index is 1.43. The van der Waals surface area contributed by atoms with Gasteiger partial charge in [0, 0.05) is 25.9 Å². The quantitative estimate of drug-likeness (QED) is 0.789. The minimum atomic E-state index is -0.735. The van der Waals surface area contributed by atoms with Gasteiger partial charge in [-0.2, -0.15) is 0 Å². The molecule has 1 amide bonds. The summed E-state index contributed by atoms with van der Waals surface area (Å²) in [5.41, 5.74) is 2.12. The number of carbonyl (C=O) groups excluding carboxylic acids is 1. The first-order valence-electron chi connectivity index (χ1n) is 8.97. The maximum atomic E-state index is 12.2. The van der Waals surface area contributed by atoms with Crippen LogP contribution in [-0.2, 0) is 23.1 Å². The smallest absolute Gasteiger partial charge is 0.306 e. The highest BCUT2D eigenvalue weighted by molar-refractivity contribution is 5.79. The highest BCUT2D eigenvalue weighted by Crippen LogP contribution is 2.29. The fourth-order valence-corrected chi connectivity index (χ4v) is 3.62. The summed E-state index contributed by atoms with van der Waals surface area (Å²) in [6, 6.07) is 8.06. The highest BCUT2D eigenvalue weighted by atomic mass is 16.4. The van der Waals surface area contributed by atoms with Gasteiger partial charge in [0.1, 0.15) is 5.82 Å². The van der Waals surface area contributed by atoms with Crippen molar-refractivity contribution in [3.63, 3.8) is 0 Å². The second kappa shape index (κ2) is 7.68. The van der Waals surface area contributed by atoms with Crippen LogP contribution in [0.1, 0.15) is 37.9 Å². The fourth-order valence-electron chi connectivity index (χ4n) is 3.62. The number of hydrogen-bond donors (Lipinski definition) is 2. The zero-order valence-corrected chi connectivity index (χ0v) is 14.6. The van der Waals surface area contributed by atoms with E-state index in [4.69, 9.17) is 5.11 Å². The second-order valence-electron chi connectivity index (χ2n) is 6.86. The van der Waals surface area contributed by atoms with Gasteiger partial charge in [0.2, 0.25) is 5.91 Å². The summed E-state index contributed by atoms with van der Waals surface area (Å²) < 4.78 is 2.10. The molecule has 25 heavy (non-hydrogen) atoms. The summed E-state index contributed by atoms with van der Waals surface area (Å²) in [7, 11) is 2.02. The number of aromatic nitrogens is 2. The molecule has 6 nitrogen and oxygen atoms in total. The Morgan fingerprint density at radius 2 is 1.88 bits per heavy atom. The van der Waals surface area contributed by atoms with Crippen molar-refractivity contribution in [2.24, 2.45) is 18.9 Å². The number of aliphatic carboxylic acids is 1. The molecular formula is C19H25N3O3. The molecule has 1 aliphatic rings. The number of carboxylic acids is 1. The number of amides is 1. The standard InChI is InChI=1S/C19H25N3O3/c1-22-16-6-3-2-5-15(16)21-17(22)7-4-12-20-18(23)13-8-10-14(11-9-13)19(24)25/h2-3,5-6,13-14H,4,7-12H2,1H3,(H,20,23)(H,24,25). The van der Waals surface area contributed by atoms with Gasteiger partial charge in [0.05, 0.1) is 17.0 Å². The first-order chi connectivity index (χ1) is 12.1. The van der Waals surface area contributed by atoms with Crippen LogP contribution in [0.25, 0.3) is 11.0 Å². The maximum Gasteiger partial charge on any atom is 0.306 e. The lowest BCUT2D eigenvalue weighted by Crippen LogP contribution is -2.35. The summed E-state index contributed by atoms with van der Waals surface area (Å²) in [5.74, 6) is 0.0421. The van der Waals surface area contributed by atoms with E-state index in [0.29, 0.717) is 32.2 Å². The largest absolute Gasteiger partial charge is 0.481 e.